The number of fused-ring (bicyclic) bond motifs is 1. The van der Waals surface area contributed by atoms with Gasteiger partial charge in [-0.15, -0.1) is 0 Å². The van der Waals surface area contributed by atoms with Gasteiger partial charge in [-0.2, -0.15) is 5.10 Å². The summed E-state index contributed by atoms with van der Waals surface area (Å²) < 4.78 is 5.10. The Hall–Kier alpha value is -2.69. The molecule has 0 atom stereocenters. The molecule has 18 heavy (non-hydrogen) atoms. The van der Waals surface area contributed by atoms with Crippen LogP contribution in [0.15, 0.2) is 51.8 Å². The molecule has 0 saturated heterocycles. The van der Waals surface area contributed by atoms with Crippen LogP contribution in [0.2, 0.25) is 0 Å². The lowest BCUT2D eigenvalue weighted by Crippen LogP contribution is -2.15. The minimum absolute atomic E-state index is 0.00190. The molecule has 1 N–H and O–H groups in total. The maximum Gasteiger partial charge on any atom is 0.347 e. The van der Waals surface area contributed by atoms with Crippen LogP contribution >= 0.6 is 0 Å². The molecule has 88 valence electrons. The Morgan fingerprint density at radius 2 is 2.06 bits per heavy atom. The molecule has 2 heterocycles. The summed E-state index contributed by atoms with van der Waals surface area (Å²) in [5, 5.41) is 6.92. The second-order valence-electron chi connectivity index (χ2n) is 3.78. The number of nitrogens with zero attached hydrogens (tertiary/aromatic N) is 1. The van der Waals surface area contributed by atoms with Crippen molar-refractivity contribution in [3.8, 4) is 0 Å². The van der Waals surface area contributed by atoms with Gasteiger partial charge in [0, 0.05) is 11.6 Å². The van der Waals surface area contributed by atoms with E-state index < -0.39 is 11.4 Å². The summed E-state index contributed by atoms with van der Waals surface area (Å²) in [6.07, 6.45) is 1.45. The highest BCUT2D eigenvalue weighted by atomic mass is 16.4. The van der Waals surface area contributed by atoms with Gasteiger partial charge >= 0.3 is 5.63 Å². The molecule has 0 amide bonds. The molecule has 2 aromatic heterocycles. The average molecular weight is 240 g/mol. The first kappa shape index (κ1) is 10.5. The molecule has 0 bridgehead atoms. The molecular formula is C13H8N2O3. The molecule has 0 fully saturated rings. The molecule has 5 nitrogen and oxygen atoms in total. The van der Waals surface area contributed by atoms with Crippen LogP contribution < -0.4 is 5.63 Å². The fraction of sp³-hybridized carbons (Fsp3) is 0. The molecule has 0 spiro atoms. The fourth-order valence-corrected chi connectivity index (χ4v) is 1.75. The number of hydrogen-bond acceptors (Lipinski definition) is 4. The SMILES string of the molecule is O=C(c1ccn[nH]1)c1cc2ccccc2oc1=O. The lowest BCUT2D eigenvalue weighted by molar-refractivity contribution is 0.103. The number of aromatic nitrogens is 2. The van der Waals surface area contributed by atoms with E-state index in [1.54, 1.807) is 18.2 Å². The number of rotatable bonds is 2. The summed E-state index contributed by atoms with van der Waals surface area (Å²) in [4.78, 5) is 23.8. The monoisotopic (exact) mass is 240 g/mol. The van der Waals surface area contributed by atoms with Crippen LogP contribution in [-0.2, 0) is 0 Å². The highest BCUT2D eigenvalue weighted by Crippen LogP contribution is 2.14. The van der Waals surface area contributed by atoms with Gasteiger partial charge in [-0.3, -0.25) is 9.89 Å². The summed E-state index contributed by atoms with van der Waals surface area (Å²) in [5.74, 6) is -0.424. The van der Waals surface area contributed by atoms with E-state index in [1.807, 2.05) is 6.07 Å². The Labute approximate surface area is 101 Å². The largest absolute Gasteiger partial charge is 0.422 e. The summed E-state index contributed by atoms with van der Waals surface area (Å²) in [5.41, 5.74) is 0.0764. The molecule has 0 aliphatic rings. The number of carbonyl (C=O) groups is 1. The van der Waals surface area contributed by atoms with Crippen molar-refractivity contribution in [1.82, 2.24) is 10.2 Å². The van der Waals surface area contributed by atoms with Crippen LogP contribution in [0.4, 0.5) is 0 Å². The highest BCUT2D eigenvalue weighted by molar-refractivity contribution is 6.08. The van der Waals surface area contributed by atoms with Crippen molar-refractivity contribution in [1.29, 1.82) is 0 Å². The van der Waals surface area contributed by atoms with E-state index in [0.29, 0.717) is 11.0 Å². The molecule has 5 heteroatoms. The van der Waals surface area contributed by atoms with Gasteiger partial charge < -0.3 is 4.42 Å². The van der Waals surface area contributed by atoms with Crippen molar-refractivity contribution < 1.29 is 9.21 Å². The van der Waals surface area contributed by atoms with E-state index >= 15 is 0 Å². The van der Waals surface area contributed by atoms with Crippen LogP contribution in [0, 0.1) is 0 Å². The number of benzene rings is 1. The van der Waals surface area contributed by atoms with Gasteiger partial charge in [0.15, 0.2) is 0 Å². The first-order valence-electron chi connectivity index (χ1n) is 5.33. The van der Waals surface area contributed by atoms with Crippen molar-refractivity contribution in [3.63, 3.8) is 0 Å². The van der Waals surface area contributed by atoms with Crippen LogP contribution in [0.5, 0.6) is 0 Å². The van der Waals surface area contributed by atoms with E-state index in [4.69, 9.17) is 4.42 Å². The predicted molar refractivity (Wildman–Crippen MR) is 64.5 cm³/mol. The standard InChI is InChI=1S/C13H8N2O3/c16-12(10-5-6-14-15-10)9-7-8-3-1-2-4-11(8)18-13(9)17/h1-7H,(H,14,15). The maximum absolute atomic E-state index is 12.0. The number of ketones is 1. The van der Waals surface area contributed by atoms with Crippen molar-refractivity contribution in [2.45, 2.75) is 0 Å². The number of nitrogens with one attached hydrogen (secondary N) is 1. The second kappa shape index (κ2) is 3.96. The second-order valence-corrected chi connectivity index (χ2v) is 3.78. The zero-order valence-electron chi connectivity index (χ0n) is 9.21. The van der Waals surface area contributed by atoms with E-state index in [2.05, 4.69) is 10.2 Å². The molecule has 3 aromatic rings. The Kier molecular flexibility index (Phi) is 2.30. The Morgan fingerprint density at radius 1 is 1.22 bits per heavy atom. The molecular weight excluding hydrogens is 232 g/mol. The quantitative estimate of drug-likeness (QED) is 0.547. The third-order valence-electron chi connectivity index (χ3n) is 2.63. The van der Waals surface area contributed by atoms with Crippen LogP contribution in [-0.4, -0.2) is 16.0 Å². The van der Waals surface area contributed by atoms with Crippen LogP contribution in [0.3, 0.4) is 0 Å². The third kappa shape index (κ3) is 1.62. The molecule has 0 aliphatic carbocycles. The van der Waals surface area contributed by atoms with Crippen LogP contribution in [0.25, 0.3) is 11.0 Å². The maximum atomic E-state index is 12.0. The molecule has 0 saturated carbocycles. The summed E-state index contributed by atoms with van der Waals surface area (Å²) >= 11 is 0. The van der Waals surface area contributed by atoms with E-state index in [1.165, 1.54) is 18.3 Å². The minimum Gasteiger partial charge on any atom is -0.422 e. The lowest BCUT2D eigenvalue weighted by atomic mass is 10.1. The van der Waals surface area contributed by atoms with Gasteiger partial charge in [0.2, 0.25) is 5.78 Å². The van der Waals surface area contributed by atoms with Crippen molar-refractivity contribution in [3.05, 3.63) is 64.3 Å². The Morgan fingerprint density at radius 3 is 2.83 bits per heavy atom. The first-order chi connectivity index (χ1) is 8.75. The third-order valence-corrected chi connectivity index (χ3v) is 2.63. The van der Waals surface area contributed by atoms with Gasteiger partial charge in [0.05, 0.1) is 0 Å². The lowest BCUT2D eigenvalue weighted by Gasteiger charge is -1.99. The van der Waals surface area contributed by atoms with Crippen LogP contribution in [0.1, 0.15) is 16.1 Å². The first-order valence-corrected chi connectivity index (χ1v) is 5.33. The van der Waals surface area contributed by atoms with Gasteiger partial charge in [-0.05, 0) is 18.2 Å². The van der Waals surface area contributed by atoms with E-state index in [9.17, 15) is 9.59 Å². The molecule has 0 radical (unpaired) electrons. The summed E-state index contributed by atoms with van der Waals surface area (Å²) in [6.45, 7) is 0. The van der Waals surface area contributed by atoms with E-state index in [0.717, 1.165) is 0 Å². The highest BCUT2D eigenvalue weighted by Gasteiger charge is 2.16. The Bertz CT molecular complexity index is 772. The predicted octanol–water partition coefficient (Wildman–Crippen LogP) is 1.75. The van der Waals surface area contributed by atoms with Gasteiger partial charge in [0.25, 0.3) is 0 Å². The average Bonchev–Trinajstić information content (AvgIpc) is 2.91. The van der Waals surface area contributed by atoms with Crippen molar-refractivity contribution in [2.75, 3.05) is 0 Å². The number of para-hydroxylation sites is 1. The zero-order chi connectivity index (χ0) is 12.5. The van der Waals surface area contributed by atoms with Crippen molar-refractivity contribution >= 4 is 16.8 Å². The molecule has 1 aromatic carbocycles. The van der Waals surface area contributed by atoms with Gasteiger partial charge in [-0.1, -0.05) is 18.2 Å². The summed E-state index contributed by atoms with van der Waals surface area (Å²) in [7, 11) is 0. The van der Waals surface area contributed by atoms with Gasteiger partial charge in [0.1, 0.15) is 16.8 Å². The fourth-order valence-electron chi connectivity index (χ4n) is 1.75. The molecule has 0 aliphatic heterocycles. The zero-order valence-corrected chi connectivity index (χ0v) is 9.21. The van der Waals surface area contributed by atoms with Crippen molar-refractivity contribution in [2.24, 2.45) is 0 Å². The molecule has 3 rings (SSSR count). The number of hydrogen-bond donors (Lipinski definition) is 1. The Balaban J connectivity index is 2.21. The summed E-state index contributed by atoms with van der Waals surface area (Å²) in [6, 6.07) is 10.1. The van der Waals surface area contributed by atoms with Gasteiger partial charge in [-0.25, -0.2) is 4.79 Å². The van der Waals surface area contributed by atoms with E-state index in [-0.39, 0.29) is 11.3 Å². The minimum atomic E-state index is -0.645. The molecule has 0 unspecified atom stereocenters. The topological polar surface area (TPSA) is 76.0 Å². The number of carbonyl (C=O) groups excluding carboxylic acids is 1. The smallest absolute Gasteiger partial charge is 0.347 e. The number of H-pyrrole nitrogens is 1. The normalized spacial score (nSPS) is 10.7. The number of aromatic amines is 1.